The number of aromatic nitrogens is 2. The number of carbonyl (C=O) groups is 1. The van der Waals surface area contributed by atoms with Crippen molar-refractivity contribution >= 4 is 5.91 Å². The van der Waals surface area contributed by atoms with Gasteiger partial charge in [-0.05, 0) is 54.7 Å². The lowest BCUT2D eigenvalue weighted by atomic mass is 9.97. The molecule has 0 saturated carbocycles. The number of nitrogens with zero attached hydrogens (tertiary/aromatic N) is 5. The van der Waals surface area contributed by atoms with Gasteiger partial charge in [0.05, 0.1) is 29.3 Å². The SMILES string of the molecule is CCC(CC)Oc1ccc([C@@H](c2ccc(C#N)cc2)N2CCC(NC(=O)c3ccc(C#N)nc3)C2)cn1. The molecule has 0 aliphatic carbocycles. The van der Waals surface area contributed by atoms with Crippen molar-refractivity contribution in [3.05, 3.63) is 88.9 Å². The molecule has 1 aromatic carbocycles. The summed E-state index contributed by atoms with van der Waals surface area (Å²) < 4.78 is 6.00. The Kier molecular flexibility index (Phi) is 8.45. The van der Waals surface area contributed by atoms with Gasteiger partial charge in [-0.1, -0.05) is 32.0 Å². The molecule has 0 radical (unpaired) electrons. The summed E-state index contributed by atoms with van der Waals surface area (Å²) in [6, 6.07) is 18.7. The number of pyridine rings is 2. The first-order valence-corrected chi connectivity index (χ1v) is 12.6. The summed E-state index contributed by atoms with van der Waals surface area (Å²) in [6.45, 7) is 5.65. The molecule has 0 spiro atoms. The van der Waals surface area contributed by atoms with E-state index in [9.17, 15) is 10.1 Å². The lowest BCUT2D eigenvalue weighted by Crippen LogP contribution is -2.38. The van der Waals surface area contributed by atoms with Crippen LogP contribution in [0, 0.1) is 22.7 Å². The lowest BCUT2D eigenvalue weighted by molar-refractivity contribution is 0.0936. The van der Waals surface area contributed by atoms with Crippen molar-refractivity contribution in [1.29, 1.82) is 10.5 Å². The average molecular weight is 495 g/mol. The molecule has 4 rings (SSSR count). The summed E-state index contributed by atoms with van der Waals surface area (Å²) in [6.07, 6.45) is 6.07. The minimum Gasteiger partial charge on any atom is -0.474 e. The van der Waals surface area contributed by atoms with Gasteiger partial charge in [-0.15, -0.1) is 0 Å². The van der Waals surface area contributed by atoms with Crippen molar-refractivity contribution in [2.75, 3.05) is 13.1 Å². The normalized spacial score (nSPS) is 16.1. The summed E-state index contributed by atoms with van der Waals surface area (Å²) in [4.78, 5) is 23.7. The van der Waals surface area contributed by atoms with E-state index in [1.807, 2.05) is 48.7 Å². The van der Waals surface area contributed by atoms with Gasteiger partial charge in [0.25, 0.3) is 5.91 Å². The molecule has 2 atom stereocenters. The lowest BCUT2D eigenvalue weighted by Gasteiger charge is -2.29. The molecule has 3 heterocycles. The average Bonchev–Trinajstić information content (AvgIpc) is 3.40. The fraction of sp³-hybridized carbons (Fsp3) is 0.345. The summed E-state index contributed by atoms with van der Waals surface area (Å²) in [7, 11) is 0. The molecule has 188 valence electrons. The van der Waals surface area contributed by atoms with E-state index in [0.29, 0.717) is 23.6 Å². The number of nitrogens with one attached hydrogen (secondary N) is 1. The molecular formula is C29H30N6O2. The summed E-state index contributed by atoms with van der Waals surface area (Å²) in [5.41, 5.74) is 3.39. The van der Waals surface area contributed by atoms with E-state index in [0.717, 1.165) is 36.9 Å². The quantitative estimate of drug-likeness (QED) is 0.469. The minimum atomic E-state index is -0.205. The molecule has 1 fully saturated rings. The van der Waals surface area contributed by atoms with Gasteiger partial charge in [-0.25, -0.2) is 9.97 Å². The minimum absolute atomic E-state index is 0.0329. The fourth-order valence-electron chi connectivity index (χ4n) is 4.61. The first-order valence-electron chi connectivity index (χ1n) is 12.6. The van der Waals surface area contributed by atoms with E-state index in [1.54, 1.807) is 12.1 Å². The predicted octanol–water partition coefficient (Wildman–Crippen LogP) is 4.38. The predicted molar refractivity (Wildman–Crippen MR) is 139 cm³/mol. The van der Waals surface area contributed by atoms with Gasteiger partial charge in [0.1, 0.15) is 11.8 Å². The number of carbonyl (C=O) groups excluding carboxylic acids is 1. The standard InChI is InChI=1S/C29H30N6O2/c1-3-26(4-2)37-27-12-10-22(17-33-27)28(21-7-5-20(15-30)6-8-21)35-14-13-25(19-35)34-29(36)23-9-11-24(16-31)32-18-23/h5-12,17-18,25-26,28H,3-4,13-14,19H2,1-2H3,(H,34,36)/t25?,28-/m1/s1. The van der Waals surface area contributed by atoms with Gasteiger partial charge < -0.3 is 10.1 Å². The van der Waals surface area contributed by atoms with Crippen LogP contribution in [0.1, 0.15) is 71.9 Å². The monoisotopic (exact) mass is 494 g/mol. The maximum atomic E-state index is 12.8. The largest absolute Gasteiger partial charge is 0.474 e. The summed E-state index contributed by atoms with van der Waals surface area (Å²) >= 11 is 0. The van der Waals surface area contributed by atoms with Crippen molar-refractivity contribution in [3.63, 3.8) is 0 Å². The van der Waals surface area contributed by atoms with Crippen LogP contribution in [-0.4, -0.2) is 46.0 Å². The van der Waals surface area contributed by atoms with Crippen molar-refractivity contribution < 1.29 is 9.53 Å². The summed E-state index contributed by atoms with van der Waals surface area (Å²) in [5, 5.41) is 21.3. The molecule has 0 bridgehead atoms. The topological polar surface area (TPSA) is 115 Å². The Hall–Kier alpha value is -4.27. The highest BCUT2D eigenvalue weighted by Gasteiger charge is 2.31. The van der Waals surface area contributed by atoms with Gasteiger partial charge in [-0.2, -0.15) is 10.5 Å². The molecule has 1 saturated heterocycles. The van der Waals surface area contributed by atoms with Crippen molar-refractivity contribution in [1.82, 2.24) is 20.2 Å². The maximum Gasteiger partial charge on any atom is 0.253 e. The third kappa shape index (κ3) is 6.30. The Balaban J connectivity index is 1.52. The van der Waals surface area contributed by atoms with Crippen LogP contribution in [0.5, 0.6) is 5.88 Å². The number of hydrogen-bond acceptors (Lipinski definition) is 7. The fourth-order valence-corrected chi connectivity index (χ4v) is 4.61. The molecule has 3 aromatic rings. The van der Waals surface area contributed by atoms with Crippen LogP contribution in [0.2, 0.25) is 0 Å². The molecule has 8 heteroatoms. The highest BCUT2D eigenvalue weighted by atomic mass is 16.5. The molecule has 1 aliphatic rings. The molecule has 1 aliphatic heterocycles. The Bertz CT molecular complexity index is 1270. The van der Waals surface area contributed by atoms with E-state index in [1.165, 1.54) is 6.20 Å². The number of likely N-dealkylation sites (tertiary alicyclic amines) is 1. The van der Waals surface area contributed by atoms with Crippen LogP contribution in [-0.2, 0) is 0 Å². The van der Waals surface area contributed by atoms with Crippen molar-refractivity contribution in [2.24, 2.45) is 0 Å². The maximum absolute atomic E-state index is 12.8. The van der Waals surface area contributed by atoms with Gasteiger partial charge in [0.2, 0.25) is 5.88 Å². The molecule has 1 unspecified atom stereocenters. The number of rotatable bonds is 9. The van der Waals surface area contributed by atoms with Crippen LogP contribution in [0.15, 0.2) is 60.9 Å². The van der Waals surface area contributed by atoms with Crippen LogP contribution in [0.3, 0.4) is 0 Å². The number of amides is 1. The Morgan fingerprint density at radius 1 is 1.03 bits per heavy atom. The number of ether oxygens (including phenoxy) is 1. The zero-order chi connectivity index (χ0) is 26.2. The number of benzene rings is 1. The summed E-state index contributed by atoms with van der Waals surface area (Å²) in [5.74, 6) is 0.405. The first kappa shape index (κ1) is 25.8. The molecule has 37 heavy (non-hydrogen) atoms. The zero-order valence-corrected chi connectivity index (χ0v) is 21.1. The van der Waals surface area contributed by atoms with Gasteiger partial charge in [0, 0.05) is 37.6 Å². The smallest absolute Gasteiger partial charge is 0.253 e. The number of nitriles is 2. The van der Waals surface area contributed by atoms with E-state index in [2.05, 4.69) is 40.1 Å². The van der Waals surface area contributed by atoms with E-state index in [-0.39, 0.29) is 29.8 Å². The highest BCUT2D eigenvalue weighted by Crippen LogP contribution is 2.32. The van der Waals surface area contributed by atoms with Gasteiger partial charge in [-0.3, -0.25) is 9.69 Å². The second-order valence-corrected chi connectivity index (χ2v) is 9.12. The molecule has 1 amide bonds. The zero-order valence-electron chi connectivity index (χ0n) is 21.1. The first-order chi connectivity index (χ1) is 18.0. The van der Waals surface area contributed by atoms with Crippen LogP contribution >= 0.6 is 0 Å². The van der Waals surface area contributed by atoms with Gasteiger partial charge in [0.15, 0.2) is 0 Å². The second-order valence-electron chi connectivity index (χ2n) is 9.12. The van der Waals surface area contributed by atoms with Crippen molar-refractivity contribution in [2.45, 2.75) is 51.3 Å². The van der Waals surface area contributed by atoms with E-state index >= 15 is 0 Å². The Morgan fingerprint density at radius 3 is 2.38 bits per heavy atom. The van der Waals surface area contributed by atoms with Crippen molar-refractivity contribution in [3.8, 4) is 18.0 Å². The second kappa shape index (κ2) is 12.1. The van der Waals surface area contributed by atoms with Crippen LogP contribution in [0.4, 0.5) is 0 Å². The van der Waals surface area contributed by atoms with E-state index < -0.39 is 0 Å². The third-order valence-corrected chi connectivity index (χ3v) is 6.69. The molecule has 8 nitrogen and oxygen atoms in total. The Morgan fingerprint density at radius 2 is 1.78 bits per heavy atom. The molecule has 2 aromatic heterocycles. The number of hydrogen-bond donors (Lipinski definition) is 1. The molecule has 1 N–H and O–H groups in total. The third-order valence-electron chi connectivity index (χ3n) is 6.69. The van der Waals surface area contributed by atoms with Crippen LogP contribution in [0.25, 0.3) is 0 Å². The highest BCUT2D eigenvalue weighted by molar-refractivity contribution is 5.94. The molecular weight excluding hydrogens is 464 g/mol. The van der Waals surface area contributed by atoms with Crippen LogP contribution < -0.4 is 10.1 Å². The van der Waals surface area contributed by atoms with E-state index in [4.69, 9.17) is 10.00 Å². The van der Waals surface area contributed by atoms with Gasteiger partial charge >= 0.3 is 0 Å². The Labute approximate surface area is 217 Å².